The number of amides is 1. The Labute approximate surface area is 210 Å². The molecule has 7 heteroatoms. The minimum absolute atomic E-state index is 0.0201. The summed E-state index contributed by atoms with van der Waals surface area (Å²) in [7, 11) is 3.01. The molecule has 3 aromatic carbocycles. The maximum atomic E-state index is 12.9. The van der Waals surface area contributed by atoms with Gasteiger partial charge >= 0.3 is 5.97 Å². The first-order valence-electron chi connectivity index (χ1n) is 12.1. The Morgan fingerprint density at radius 2 is 1.78 bits per heavy atom. The average molecular weight is 488 g/mol. The second kappa shape index (κ2) is 9.93. The SMILES string of the molecule is COc1cc(C(=O)O)c(COc2ccc3c(c2)CN(C2CCCC2)C3=O)c(OC)c1-c1ccccc1. The van der Waals surface area contributed by atoms with Crippen LogP contribution < -0.4 is 14.2 Å². The van der Waals surface area contributed by atoms with Gasteiger partial charge in [-0.05, 0) is 48.2 Å². The predicted octanol–water partition coefficient (Wildman–Crippen LogP) is 5.55. The summed E-state index contributed by atoms with van der Waals surface area (Å²) >= 11 is 0. The number of carboxylic acids is 1. The maximum Gasteiger partial charge on any atom is 0.336 e. The number of benzene rings is 3. The molecule has 5 rings (SSSR count). The zero-order chi connectivity index (χ0) is 25.2. The monoisotopic (exact) mass is 487 g/mol. The molecule has 1 aliphatic carbocycles. The summed E-state index contributed by atoms with van der Waals surface area (Å²) in [6.45, 7) is 0.564. The van der Waals surface area contributed by atoms with Gasteiger partial charge in [0.05, 0.1) is 25.3 Å². The Hall–Kier alpha value is -4.00. The standard InChI is InChI=1S/C29H29NO6/c1-34-25-15-23(29(32)33)24(27(35-2)26(25)18-8-4-3-5-9-18)17-36-21-12-13-22-19(14-21)16-30(28(22)31)20-10-6-7-11-20/h3-5,8-9,12-15,20H,6-7,10-11,16-17H2,1-2H3,(H,32,33). The molecule has 0 bridgehead atoms. The molecule has 1 fully saturated rings. The lowest BCUT2D eigenvalue weighted by atomic mass is 9.96. The van der Waals surface area contributed by atoms with E-state index in [0.717, 1.165) is 24.0 Å². The Bertz CT molecular complexity index is 1300. The molecule has 0 atom stereocenters. The lowest BCUT2D eigenvalue weighted by Gasteiger charge is -2.23. The zero-order valence-electron chi connectivity index (χ0n) is 20.5. The number of fused-ring (bicyclic) bond motifs is 1. The number of hydrogen-bond donors (Lipinski definition) is 1. The van der Waals surface area contributed by atoms with E-state index < -0.39 is 5.97 Å². The smallest absolute Gasteiger partial charge is 0.336 e. The first kappa shape index (κ1) is 23.7. The largest absolute Gasteiger partial charge is 0.496 e. The van der Waals surface area contributed by atoms with Crippen molar-refractivity contribution in [3.63, 3.8) is 0 Å². The van der Waals surface area contributed by atoms with E-state index in [2.05, 4.69) is 0 Å². The van der Waals surface area contributed by atoms with E-state index >= 15 is 0 Å². The van der Waals surface area contributed by atoms with Gasteiger partial charge in [0.25, 0.3) is 5.91 Å². The van der Waals surface area contributed by atoms with E-state index in [9.17, 15) is 14.7 Å². The van der Waals surface area contributed by atoms with Gasteiger partial charge in [-0.1, -0.05) is 43.2 Å². The van der Waals surface area contributed by atoms with Crippen LogP contribution in [0.2, 0.25) is 0 Å². The van der Waals surface area contributed by atoms with Crippen LogP contribution in [0.15, 0.2) is 54.6 Å². The minimum atomic E-state index is -1.10. The van der Waals surface area contributed by atoms with Crippen LogP contribution in [-0.4, -0.2) is 42.1 Å². The quantitative estimate of drug-likeness (QED) is 0.449. The van der Waals surface area contributed by atoms with Crippen molar-refractivity contribution in [1.29, 1.82) is 0 Å². The Kier molecular flexibility index (Phi) is 6.55. The predicted molar refractivity (Wildman–Crippen MR) is 135 cm³/mol. The molecule has 0 unspecified atom stereocenters. The fourth-order valence-electron chi connectivity index (χ4n) is 5.35. The van der Waals surface area contributed by atoms with E-state index in [4.69, 9.17) is 14.2 Å². The number of carboxylic acid groups (broad SMARTS) is 1. The Morgan fingerprint density at radius 3 is 2.44 bits per heavy atom. The summed E-state index contributed by atoms with van der Waals surface area (Å²) in [4.78, 5) is 27.0. The highest BCUT2D eigenvalue weighted by Crippen LogP contribution is 2.43. The molecule has 1 amide bonds. The molecular formula is C29H29NO6. The number of carbonyl (C=O) groups is 2. The third-order valence-electron chi connectivity index (χ3n) is 7.12. The molecule has 7 nitrogen and oxygen atoms in total. The molecule has 3 aromatic rings. The van der Waals surface area contributed by atoms with Gasteiger partial charge in [0, 0.05) is 23.7 Å². The molecule has 1 saturated carbocycles. The van der Waals surface area contributed by atoms with Gasteiger partial charge in [0.15, 0.2) is 0 Å². The third-order valence-corrected chi connectivity index (χ3v) is 7.12. The van der Waals surface area contributed by atoms with Gasteiger partial charge in [0.1, 0.15) is 23.9 Å². The van der Waals surface area contributed by atoms with E-state index in [0.29, 0.717) is 46.5 Å². The van der Waals surface area contributed by atoms with Crippen LogP contribution in [0.25, 0.3) is 11.1 Å². The molecule has 1 N–H and O–H groups in total. The lowest BCUT2D eigenvalue weighted by Crippen LogP contribution is -2.33. The number of nitrogens with zero attached hydrogens (tertiary/aromatic N) is 1. The molecule has 2 aliphatic rings. The van der Waals surface area contributed by atoms with E-state index in [1.165, 1.54) is 33.1 Å². The van der Waals surface area contributed by atoms with Gasteiger partial charge in [-0.3, -0.25) is 4.79 Å². The van der Waals surface area contributed by atoms with E-state index in [1.807, 2.05) is 41.3 Å². The van der Waals surface area contributed by atoms with Crippen molar-refractivity contribution in [3.05, 3.63) is 76.9 Å². The number of hydrogen-bond acceptors (Lipinski definition) is 5. The lowest BCUT2D eigenvalue weighted by molar-refractivity contribution is 0.0688. The molecule has 0 aromatic heterocycles. The highest BCUT2D eigenvalue weighted by Gasteiger charge is 2.34. The number of methoxy groups -OCH3 is 2. The van der Waals surface area contributed by atoms with Crippen LogP contribution in [0.5, 0.6) is 17.2 Å². The van der Waals surface area contributed by atoms with E-state index in [-0.39, 0.29) is 18.1 Å². The van der Waals surface area contributed by atoms with Gasteiger partial charge in [-0.2, -0.15) is 0 Å². The van der Waals surface area contributed by atoms with E-state index in [1.54, 1.807) is 12.1 Å². The minimum Gasteiger partial charge on any atom is -0.496 e. The van der Waals surface area contributed by atoms with Crippen LogP contribution in [0.3, 0.4) is 0 Å². The fourth-order valence-corrected chi connectivity index (χ4v) is 5.35. The fraction of sp³-hybridized carbons (Fsp3) is 0.310. The summed E-state index contributed by atoms with van der Waals surface area (Å²) in [6.07, 6.45) is 4.45. The van der Waals surface area contributed by atoms with Crippen molar-refractivity contribution in [1.82, 2.24) is 4.90 Å². The summed E-state index contributed by atoms with van der Waals surface area (Å²) in [5.74, 6) is 0.353. The molecule has 0 radical (unpaired) electrons. The highest BCUT2D eigenvalue weighted by atomic mass is 16.5. The summed E-state index contributed by atoms with van der Waals surface area (Å²) in [5, 5.41) is 9.94. The maximum absolute atomic E-state index is 12.9. The van der Waals surface area contributed by atoms with Crippen molar-refractivity contribution >= 4 is 11.9 Å². The van der Waals surface area contributed by atoms with Gasteiger partial charge in [-0.25, -0.2) is 4.79 Å². The van der Waals surface area contributed by atoms with Crippen molar-refractivity contribution in [3.8, 4) is 28.4 Å². The van der Waals surface area contributed by atoms with Crippen molar-refractivity contribution in [2.24, 2.45) is 0 Å². The van der Waals surface area contributed by atoms with Crippen molar-refractivity contribution in [2.75, 3.05) is 14.2 Å². The Balaban J connectivity index is 1.46. The first-order chi connectivity index (χ1) is 17.5. The first-order valence-corrected chi connectivity index (χ1v) is 12.1. The number of rotatable bonds is 8. The average Bonchev–Trinajstić information content (AvgIpc) is 3.54. The molecule has 0 spiro atoms. The summed E-state index contributed by atoms with van der Waals surface area (Å²) < 4.78 is 17.4. The van der Waals surface area contributed by atoms with Crippen molar-refractivity contribution in [2.45, 2.75) is 44.9 Å². The van der Waals surface area contributed by atoms with Gasteiger partial charge in [0.2, 0.25) is 0 Å². The topological polar surface area (TPSA) is 85.3 Å². The molecule has 1 aliphatic heterocycles. The second-order valence-electron chi connectivity index (χ2n) is 9.16. The number of carbonyl (C=O) groups excluding carboxylic acids is 1. The molecule has 1 heterocycles. The second-order valence-corrected chi connectivity index (χ2v) is 9.16. The van der Waals surface area contributed by atoms with Crippen LogP contribution in [0, 0.1) is 0 Å². The zero-order valence-corrected chi connectivity index (χ0v) is 20.5. The van der Waals surface area contributed by atoms with Gasteiger partial charge in [-0.15, -0.1) is 0 Å². The number of aromatic carboxylic acids is 1. The van der Waals surface area contributed by atoms with Crippen LogP contribution >= 0.6 is 0 Å². The van der Waals surface area contributed by atoms with Gasteiger partial charge < -0.3 is 24.2 Å². The number of ether oxygens (including phenoxy) is 3. The summed E-state index contributed by atoms with van der Waals surface area (Å²) in [5.41, 5.74) is 3.62. The van der Waals surface area contributed by atoms with Crippen LogP contribution in [0.4, 0.5) is 0 Å². The molecule has 0 saturated heterocycles. The third kappa shape index (κ3) is 4.26. The molecular weight excluding hydrogens is 458 g/mol. The van der Waals surface area contributed by atoms with Crippen molar-refractivity contribution < 1.29 is 28.9 Å². The van der Waals surface area contributed by atoms with Crippen LogP contribution in [0.1, 0.15) is 57.5 Å². The highest BCUT2D eigenvalue weighted by molar-refractivity contribution is 5.98. The Morgan fingerprint density at radius 1 is 1.03 bits per heavy atom. The molecule has 186 valence electrons. The normalized spacial score (nSPS) is 15.2. The van der Waals surface area contributed by atoms with Crippen LogP contribution in [-0.2, 0) is 13.2 Å². The summed E-state index contributed by atoms with van der Waals surface area (Å²) in [6, 6.07) is 16.8. The molecule has 36 heavy (non-hydrogen) atoms.